The molecular weight excluding hydrogens is 146 g/mol. The molecule has 1 saturated heterocycles. The predicted molar refractivity (Wildman–Crippen MR) is 37.5 cm³/mol. The van der Waals surface area contributed by atoms with Gasteiger partial charge >= 0.3 is 0 Å². The summed E-state index contributed by atoms with van der Waals surface area (Å²) < 4.78 is 5.13. The molecule has 0 aromatic carbocycles. The molecular formula is C7H12NO3. The van der Waals surface area contributed by atoms with Gasteiger partial charge in [0.1, 0.15) is 6.61 Å². The van der Waals surface area contributed by atoms with Crippen LogP contribution in [0.4, 0.5) is 0 Å². The van der Waals surface area contributed by atoms with Crippen molar-refractivity contribution in [1.29, 1.82) is 0 Å². The maximum Gasteiger partial charge on any atom is 0.222 e. The summed E-state index contributed by atoms with van der Waals surface area (Å²) in [4.78, 5) is 10.8. The normalized spacial score (nSPS) is 24.8. The number of nitrogens with one attached hydrogen (secondary N) is 1. The highest BCUT2D eigenvalue weighted by Gasteiger charge is 2.18. The summed E-state index contributed by atoms with van der Waals surface area (Å²) in [5, 5.41) is 12.7. The van der Waals surface area contributed by atoms with Crippen molar-refractivity contribution in [1.82, 2.24) is 5.32 Å². The maximum atomic E-state index is 10.8. The quantitative estimate of drug-likeness (QED) is 0.613. The van der Waals surface area contributed by atoms with Crippen molar-refractivity contribution in [2.45, 2.75) is 18.9 Å². The van der Waals surface area contributed by atoms with Crippen LogP contribution in [0.2, 0.25) is 0 Å². The highest BCUT2D eigenvalue weighted by atomic mass is 16.5. The number of carbonyl (C=O) groups is 1. The van der Waals surface area contributed by atoms with Crippen LogP contribution in [0.25, 0.3) is 0 Å². The molecule has 1 rings (SSSR count). The first kappa shape index (κ1) is 8.49. The van der Waals surface area contributed by atoms with E-state index in [1.165, 1.54) is 0 Å². The zero-order valence-corrected chi connectivity index (χ0v) is 6.34. The molecule has 0 bridgehead atoms. The van der Waals surface area contributed by atoms with E-state index >= 15 is 0 Å². The van der Waals surface area contributed by atoms with Crippen LogP contribution < -0.4 is 5.32 Å². The fourth-order valence-electron chi connectivity index (χ4n) is 1.11. The van der Waals surface area contributed by atoms with Crippen molar-refractivity contribution in [3.05, 3.63) is 0 Å². The van der Waals surface area contributed by atoms with Crippen molar-refractivity contribution >= 4 is 5.91 Å². The number of amides is 1. The lowest BCUT2D eigenvalue weighted by Crippen LogP contribution is -2.37. The average molecular weight is 158 g/mol. The van der Waals surface area contributed by atoms with Gasteiger partial charge in [-0.1, -0.05) is 0 Å². The summed E-state index contributed by atoms with van der Waals surface area (Å²) >= 11 is 0. The smallest absolute Gasteiger partial charge is 0.222 e. The fourth-order valence-corrected chi connectivity index (χ4v) is 1.11. The summed E-state index contributed by atoms with van der Waals surface area (Å²) in [5.74, 6) is 0.0205. The lowest BCUT2D eigenvalue weighted by molar-refractivity contribution is -0.127. The van der Waals surface area contributed by atoms with E-state index in [9.17, 15) is 9.90 Å². The topological polar surface area (TPSA) is 58.2 Å². The van der Waals surface area contributed by atoms with Crippen molar-refractivity contribution < 1.29 is 14.6 Å². The first-order chi connectivity index (χ1) is 5.33. The standard InChI is InChI=1S/C7H12NO3/c9-3-4-11-6-1-2-8-7(10)5-6/h6H,1-5H2,(H,8,10). The lowest BCUT2D eigenvalue weighted by Gasteiger charge is -2.21. The Hall–Kier alpha value is -0.610. The van der Waals surface area contributed by atoms with E-state index in [0.717, 1.165) is 6.42 Å². The second-order valence-corrected chi connectivity index (χ2v) is 2.54. The van der Waals surface area contributed by atoms with Crippen LogP contribution in [0.3, 0.4) is 0 Å². The Labute approximate surface area is 65.5 Å². The molecule has 4 heteroatoms. The molecule has 1 fully saturated rings. The number of hydrogen-bond acceptors (Lipinski definition) is 2. The van der Waals surface area contributed by atoms with Gasteiger partial charge in [0.15, 0.2) is 0 Å². The van der Waals surface area contributed by atoms with Crippen LogP contribution in [0.1, 0.15) is 12.8 Å². The predicted octanol–water partition coefficient (Wildman–Crippen LogP) is -0.288. The molecule has 1 amide bonds. The summed E-state index contributed by atoms with van der Waals surface area (Å²) in [5.41, 5.74) is 0. The van der Waals surface area contributed by atoms with E-state index in [1.54, 1.807) is 0 Å². The Bertz CT molecular complexity index is 138. The van der Waals surface area contributed by atoms with Gasteiger partial charge in [-0.15, -0.1) is 0 Å². The Kier molecular flexibility index (Phi) is 3.32. The molecule has 0 aliphatic carbocycles. The van der Waals surface area contributed by atoms with E-state index in [2.05, 4.69) is 5.32 Å². The van der Waals surface area contributed by atoms with Crippen LogP contribution in [0.15, 0.2) is 0 Å². The Morgan fingerprint density at radius 2 is 2.45 bits per heavy atom. The monoisotopic (exact) mass is 158 g/mol. The van der Waals surface area contributed by atoms with Crippen molar-refractivity contribution in [3.63, 3.8) is 0 Å². The highest BCUT2D eigenvalue weighted by Crippen LogP contribution is 2.07. The number of piperidine rings is 1. The van der Waals surface area contributed by atoms with Crippen LogP contribution in [0.5, 0.6) is 0 Å². The third-order valence-corrected chi connectivity index (χ3v) is 1.64. The third-order valence-electron chi connectivity index (χ3n) is 1.64. The average Bonchev–Trinajstić information content (AvgIpc) is 2.01. The minimum Gasteiger partial charge on any atom is -0.375 e. The first-order valence-electron chi connectivity index (χ1n) is 3.79. The second kappa shape index (κ2) is 4.31. The molecule has 1 unspecified atom stereocenters. The molecule has 63 valence electrons. The number of hydrogen-bond donors (Lipinski definition) is 1. The lowest BCUT2D eigenvalue weighted by atomic mass is 10.1. The molecule has 0 aromatic rings. The minimum absolute atomic E-state index is 0.0205. The molecule has 0 aromatic heterocycles. The van der Waals surface area contributed by atoms with Crippen LogP contribution in [-0.2, 0) is 14.6 Å². The van der Waals surface area contributed by atoms with E-state index in [0.29, 0.717) is 13.0 Å². The van der Waals surface area contributed by atoms with Gasteiger partial charge in [0, 0.05) is 6.54 Å². The highest BCUT2D eigenvalue weighted by molar-refractivity contribution is 5.77. The van der Waals surface area contributed by atoms with Gasteiger partial charge in [-0.05, 0) is 6.42 Å². The molecule has 1 atom stereocenters. The maximum absolute atomic E-state index is 10.8. The molecule has 1 aliphatic rings. The number of carbonyl (C=O) groups excluding carboxylic acids is 1. The van der Waals surface area contributed by atoms with Crippen LogP contribution in [-0.4, -0.2) is 31.8 Å². The molecule has 0 saturated carbocycles. The van der Waals surface area contributed by atoms with Crippen molar-refractivity contribution in [3.8, 4) is 0 Å². The largest absolute Gasteiger partial charge is 0.375 e. The van der Waals surface area contributed by atoms with Gasteiger partial charge in [0.25, 0.3) is 0 Å². The van der Waals surface area contributed by atoms with E-state index in [4.69, 9.17) is 4.74 Å². The van der Waals surface area contributed by atoms with Gasteiger partial charge < -0.3 is 10.1 Å². The van der Waals surface area contributed by atoms with Gasteiger partial charge in [0.2, 0.25) is 5.91 Å². The SMILES string of the molecule is [O]CCOC1CCNC(=O)C1. The van der Waals surface area contributed by atoms with Gasteiger partial charge in [-0.3, -0.25) is 4.79 Å². The zero-order valence-electron chi connectivity index (χ0n) is 6.34. The molecule has 1 aliphatic heterocycles. The Morgan fingerprint density at radius 1 is 1.64 bits per heavy atom. The molecule has 1 radical (unpaired) electrons. The van der Waals surface area contributed by atoms with Crippen molar-refractivity contribution in [2.24, 2.45) is 0 Å². The fraction of sp³-hybridized carbons (Fsp3) is 0.857. The van der Waals surface area contributed by atoms with Gasteiger partial charge in [-0.2, -0.15) is 0 Å². The zero-order chi connectivity index (χ0) is 8.10. The summed E-state index contributed by atoms with van der Waals surface area (Å²) in [6.45, 7) is 0.665. The molecule has 1 N–H and O–H groups in total. The van der Waals surface area contributed by atoms with Gasteiger partial charge in [0.05, 0.1) is 19.1 Å². The summed E-state index contributed by atoms with van der Waals surface area (Å²) in [7, 11) is 0. The first-order valence-corrected chi connectivity index (χ1v) is 3.79. The molecule has 4 nitrogen and oxygen atoms in total. The third kappa shape index (κ3) is 2.86. The van der Waals surface area contributed by atoms with E-state index in [1.807, 2.05) is 0 Å². The molecule has 11 heavy (non-hydrogen) atoms. The Balaban J connectivity index is 2.17. The van der Waals surface area contributed by atoms with Crippen molar-refractivity contribution in [2.75, 3.05) is 19.8 Å². The summed E-state index contributed by atoms with van der Waals surface area (Å²) in [6, 6.07) is 0. The van der Waals surface area contributed by atoms with E-state index in [-0.39, 0.29) is 25.2 Å². The number of ether oxygens (including phenoxy) is 1. The molecule has 1 heterocycles. The van der Waals surface area contributed by atoms with Gasteiger partial charge in [-0.25, -0.2) is 5.11 Å². The summed E-state index contributed by atoms with van der Waals surface area (Å²) in [6.07, 6.45) is 1.20. The number of rotatable bonds is 3. The van der Waals surface area contributed by atoms with E-state index < -0.39 is 0 Å². The van der Waals surface area contributed by atoms with Crippen LogP contribution in [0, 0.1) is 0 Å². The second-order valence-electron chi connectivity index (χ2n) is 2.54. The molecule has 0 spiro atoms. The van der Waals surface area contributed by atoms with Crippen LogP contribution >= 0.6 is 0 Å². The Morgan fingerprint density at radius 3 is 3.09 bits per heavy atom. The minimum atomic E-state index is -0.224.